The molecule has 1 aromatic carbocycles. The van der Waals surface area contributed by atoms with E-state index in [0.29, 0.717) is 12.3 Å². The number of carbonyl (C=O) groups excluding carboxylic acids is 1. The van der Waals surface area contributed by atoms with Crippen LogP contribution in [0.15, 0.2) is 48.8 Å². The number of aliphatic hydroxyl groups excluding tert-OH is 1. The molecule has 5 rings (SSSR count). The van der Waals surface area contributed by atoms with Crippen molar-refractivity contribution < 1.29 is 9.90 Å². The van der Waals surface area contributed by atoms with Crippen molar-refractivity contribution in [3.05, 3.63) is 54.4 Å². The van der Waals surface area contributed by atoms with Crippen LogP contribution in [-0.2, 0) is 11.2 Å². The lowest BCUT2D eigenvalue weighted by Crippen LogP contribution is -2.49. The van der Waals surface area contributed by atoms with Gasteiger partial charge in [0, 0.05) is 56.1 Å². The molecule has 3 heterocycles. The van der Waals surface area contributed by atoms with Gasteiger partial charge in [-0.25, -0.2) is 4.52 Å². The van der Waals surface area contributed by atoms with Gasteiger partial charge >= 0.3 is 0 Å². The first-order valence-corrected chi connectivity index (χ1v) is 11.1. The van der Waals surface area contributed by atoms with Crippen LogP contribution in [0.2, 0.25) is 0 Å². The minimum absolute atomic E-state index is 0.00984. The Balaban J connectivity index is 1.34. The maximum Gasteiger partial charge on any atom is 0.225 e. The predicted molar refractivity (Wildman–Crippen MR) is 121 cm³/mol. The van der Waals surface area contributed by atoms with Crippen molar-refractivity contribution >= 4 is 17.1 Å². The molecule has 1 saturated carbocycles. The van der Waals surface area contributed by atoms with Gasteiger partial charge in [0.1, 0.15) is 0 Å². The molecule has 31 heavy (non-hydrogen) atoms. The summed E-state index contributed by atoms with van der Waals surface area (Å²) >= 11 is 0. The summed E-state index contributed by atoms with van der Waals surface area (Å²) < 4.78 is 1.93. The average molecular weight is 420 g/mol. The number of piperazine rings is 1. The third kappa shape index (κ3) is 4.16. The van der Waals surface area contributed by atoms with Gasteiger partial charge in [0.25, 0.3) is 0 Å². The number of benzene rings is 1. The van der Waals surface area contributed by atoms with Gasteiger partial charge in [-0.3, -0.25) is 4.79 Å². The zero-order valence-electron chi connectivity index (χ0n) is 17.7. The minimum Gasteiger partial charge on any atom is -0.395 e. The van der Waals surface area contributed by atoms with E-state index in [0.717, 1.165) is 66.9 Å². The molecule has 7 heteroatoms. The zero-order chi connectivity index (χ0) is 21.4. The Hall–Kier alpha value is -2.90. The van der Waals surface area contributed by atoms with Gasteiger partial charge in [-0.05, 0) is 42.5 Å². The van der Waals surface area contributed by atoms with Crippen molar-refractivity contribution in [2.75, 3.05) is 37.7 Å². The topological polar surface area (TPSA) is 87.1 Å². The fraction of sp³-hybridized carbons (Fsp3) is 0.417. The Bertz CT molecular complexity index is 1070. The smallest absolute Gasteiger partial charge is 0.225 e. The Morgan fingerprint density at radius 1 is 1.10 bits per heavy atom. The van der Waals surface area contributed by atoms with E-state index < -0.39 is 0 Å². The lowest BCUT2D eigenvalue weighted by Gasteiger charge is -2.36. The fourth-order valence-electron chi connectivity index (χ4n) is 4.38. The molecule has 1 amide bonds. The van der Waals surface area contributed by atoms with Crippen LogP contribution >= 0.6 is 0 Å². The first-order chi connectivity index (χ1) is 15.1. The number of amides is 1. The SMILES string of the molecule is NC(CO)Cc1ccc(-c2cc3c(N4CCN(C(=O)C5CC5)CC4)ccnn3c2)cc1. The number of aliphatic hydroxyl groups is 1. The van der Waals surface area contributed by atoms with E-state index in [1.54, 1.807) is 0 Å². The Morgan fingerprint density at radius 2 is 1.84 bits per heavy atom. The van der Waals surface area contributed by atoms with Gasteiger partial charge in [0.05, 0.1) is 17.8 Å². The van der Waals surface area contributed by atoms with Gasteiger partial charge in [0.15, 0.2) is 0 Å². The quantitative estimate of drug-likeness (QED) is 0.638. The molecule has 2 aromatic heterocycles. The normalized spacial score (nSPS) is 17.9. The molecular formula is C24H29N5O2. The van der Waals surface area contributed by atoms with Crippen LogP contribution in [0.3, 0.4) is 0 Å². The number of anilines is 1. The molecule has 0 spiro atoms. The van der Waals surface area contributed by atoms with E-state index in [-0.39, 0.29) is 18.6 Å². The molecule has 2 fully saturated rings. The minimum atomic E-state index is -0.227. The lowest BCUT2D eigenvalue weighted by atomic mass is 10.0. The van der Waals surface area contributed by atoms with Crippen molar-refractivity contribution in [1.82, 2.24) is 14.5 Å². The maximum atomic E-state index is 12.4. The number of nitrogens with zero attached hydrogens (tertiary/aromatic N) is 4. The van der Waals surface area contributed by atoms with Gasteiger partial charge in [-0.1, -0.05) is 24.3 Å². The van der Waals surface area contributed by atoms with Crippen LogP contribution in [0.1, 0.15) is 18.4 Å². The third-order valence-electron chi connectivity index (χ3n) is 6.36. The van der Waals surface area contributed by atoms with Crippen molar-refractivity contribution in [3.8, 4) is 11.1 Å². The molecule has 0 bridgehead atoms. The Labute approximate surface area is 182 Å². The van der Waals surface area contributed by atoms with E-state index in [2.05, 4.69) is 52.6 Å². The van der Waals surface area contributed by atoms with Crippen LogP contribution in [0.4, 0.5) is 5.69 Å². The summed E-state index contributed by atoms with van der Waals surface area (Å²) in [6.45, 7) is 3.25. The fourth-order valence-corrected chi connectivity index (χ4v) is 4.38. The Kier molecular flexibility index (Phi) is 5.38. The summed E-state index contributed by atoms with van der Waals surface area (Å²) in [5.41, 5.74) is 11.4. The molecule has 1 unspecified atom stereocenters. The van der Waals surface area contributed by atoms with Crippen LogP contribution in [0.25, 0.3) is 16.6 Å². The van der Waals surface area contributed by atoms with Crippen LogP contribution < -0.4 is 10.6 Å². The summed E-state index contributed by atoms with van der Waals surface area (Å²) in [5.74, 6) is 0.631. The van der Waals surface area contributed by atoms with E-state index >= 15 is 0 Å². The molecule has 162 valence electrons. The molecule has 1 saturated heterocycles. The average Bonchev–Trinajstić information content (AvgIpc) is 3.57. The first kappa shape index (κ1) is 20.0. The maximum absolute atomic E-state index is 12.4. The molecule has 1 atom stereocenters. The number of fused-ring (bicyclic) bond motifs is 1. The van der Waals surface area contributed by atoms with E-state index in [1.807, 2.05) is 15.6 Å². The number of hydrogen-bond acceptors (Lipinski definition) is 5. The monoisotopic (exact) mass is 419 g/mol. The second-order valence-corrected chi connectivity index (χ2v) is 8.71. The standard InChI is InChI=1S/C24H29N5O2/c25-21(16-30)13-17-1-3-18(4-2-17)20-14-23-22(7-8-26-29(23)15-20)27-9-11-28(12-10-27)24(31)19-5-6-19/h1-4,7-8,14-15,19,21,30H,5-6,9-13,16,25H2. The molecule has 3 N–H and O–H groups in total. The van der Waals surface area contributed by atoms with Crippen LogP contribution in [0, 0.1) is 5.92 Å². The zero-order valence-corrected chi connectivity index (χ0v) is 17.7. The number of aromatic nitrogens is 2. The largest absolute Gasteiger partial charge is 0.395 e. The first-order valence-electron chi connectivity index (χ1n) is 11.1. The molecule has 3 aromatic rings. The summed E-state index contributed by atoms with van der Waals surface area (Å²) in [6.07, 6.45) is 6.68. The second kappa shape index (κ2) is 8.32. The number of rotatable bonds is 6. The van der Waals surface area contributed by atoms with Crippen molar-refractivity contribution in [2.24, 2.45) is 11.7 Å². The Morgan fingerprint density at radius 3 is 2.52 bits per heavy atom. The highest BCUT2D eigenvalue weighted by atomic mass is 16.3. The number of nitrogens with two attached hydrogens (primary N) is 1. The summed E-state index contributed by atoms with van der Waals surface area (Å²) in [6, 6.07) is 12.3. The molecule has 1 aliphatic heterocycles. The molecule has 2 aliphatic rings. The number of carbonyl (C=O) groups is 1. The highest BCUT2D eigenvalue weighted by molar-refractivity contribution is 5.82. The van der Waals surface area contributed by atoms with Crippen molar-refractivity contribution in [1.29, 1.82) is 0 Å². The van der Waals surface area contributed by atoms with E-state index in [1.165, 1.54) is 0 Å². The van der Waals surface area contributed by atoms with E-state index in [9.17, 15) is 4.79 Å². The van der Waals surface area contributed by atoms with Gasteiger partial charge in [0.2, 0.25) is 5.91 Å². The lowest BCUT2D eigenvalue weighted by molar-refractivity contribution is -0.132. The second-order valence-electron chi connectivity index (χ2n) is 8.71. The van der Waals surface area contributed by atoms with Crippen LogP contribution in [-0.4, -0.2) is 64.4 Å². The van der Waals surface area contributed by atoms with Gasteiger partial charge < -0.3 is 20.6 Å². The van der Waals surface area contributed by atoms with Crippen molar-refractivity contribution in [3.63, 3.8) is 0 Å². The summed E-state index contributed by atoms with van der Waals surface area (Å²) in [4.78, 5) is 16.7. The predicted octanol–water partition coefficient (Wildman–Crippen LogP) is 1.92. The highest BCUT2D eigenvalue weighted by Crippen LogP contribution is 2.32. The summed E-state index contributed by atoms with van der Waals surface area (Å²) in [7, 11) is 0. The number of hydrogen-bond donors (Lipinski definition) is 2. The highest BCUT2D eigenvalue weighted by Gasteiger charge is 2.34. The summed E-state index contributed by atoms with van der Waals surface area (Å²) in [5, 5.41) is 13.7. The van der Waals surface area contributed by atoms with Crippen LogP contribution in [0.5, 0.6) is 0 Å². The molecule has 7 nitrogen and oxygen atoms in total. The molecular weight excluding hydrogens is 390 g/mol. The van der Waals surface area contributed by atoms with E-state index in [4.69, 9.17) is 10.8 Å². The molecule has 0 radical (unpaired) electrons. The van der Waals surface area contributed by atoms with Gasteiger partial charge in [-0.15, -0.1) is 0 Å². The van der Waals surface area contributed by atoms with Crippen molar-refractivity contribution in [2.45, 2.75) is 25.3 Å². The third-order valence-corrected chi connectivity index (χ3v) is 6.36. The van der Waals surface area contributed by atoms with Gasteiger partial charge in [-0.2, -0.15) is 5.10 Å². The molecule has 1 aliphatic carbocycles.